The highest BCUT2D eigenvalue weighted by Crippen LogP contribution is 2.17. The number of carbonyl (C=O) groups is 3. The summed E-state index contributed by atoms with van der Waals surface area (Å²) in [6.45, 7) is -1.18. The molecule has 13 heteroatoms. The number of nitrogens with one attached hydrogen (secondary N) is 1. The smallest absolute Gasteiger partial charge is 0.460 e. The summed E-state index contributed by atoms with van der Waals surface area (Å²) < 4.78 is 15.4. The minimum atomic E-state index is -2.73. The average Bonchev–Trinajstić information content (AvgIpc) is 2.76. The van der Waals surface area contributed by atoms with Gasteiger partial charge in [-0.3, -0.25) is 4.74 Å². The summed E-state index contributed by atoms with van der Waals surface area (Å²) in [6.07, 6.45) is -4.20. The molecule has 0 bridgehead atoms. The predicted molar refractivity (Wildman–Crippen MR) is 112 cm³/mol. The molecule has 0 spiro atoms. The van der Waals surface area contributed by atoms with Crippen LogP contribution < -0.4 is 16.9 Å². The van der Waals surface area contributed by atoms with Gasteiger partial charge >= 0.3 is 24.1 Å². The van der Waals surface area contributed by atoms with Gasteiger partial charge in [0.25, 0.3) is 0 Å². The van der Waals surface area contributed by atoms with Gasteiger partial charge in [-0.25, -0.2) is 30.4 Å². The summed E-state index contributed by atoms with van der Waals surface area (Å²) in [7, 11) is 0. The Morgan fingerprint density at radius 1 is 1.03 bits per heavy atom. The van der Waals surface area contributed by atoms with E-state index < -0.39 is 35.8 Å². The molecule has 0 aromatic heterocycles. The van der Waals surface area contributed by atoms with Crippen LogP contribution in [-0.2, 0) is 30.4 Å². The molecular formula is C19H20N4O8S. The third kappa shape index (κ3) is 8.16. The number of carboxylic acid groups (broad SMARTS) is 1. The van der Waals surface area contributed by atoms with Crippen LogP contribution in [0.4, 0.5) is 4.79 Å². The molecule has 0 aliphatic carbocycles. The molecular weight excluding hydrogens is 444 g/mol. The molecule has 1 amide bonds. The van der Waals surface area contributed by atoms with Crippen LogP contribution >= 0.6 is 12.2 Å². The van der Waals surface area contributed by atoms with E-state index >= 15 is 0 Å². The first-order valence-corrected chi connectivity index (χ1v) is 9.28. The lowest BCUT2D eigenvalue weighted by molar-refractivity contribution is -0.340. The fraction of sp³-hybridized carbons (Fsp3) is 0.158. The zero-order valence-electron chi connectivity index (χ0n) is 16.5. The summed E-state index contributed by atoms with van der Waals surface area (Å²) in [4.78, 5) is 40.4. The quantitative estimate of drug-likeness (QED) is 0.178. The van der Waals surface area contributed by atoms with E-state index in [1.165, 1.54) is 12.1 Å². The van der Waals surface area contributed by atoms with Crippen molar-refractivity contribution in [2.45, 2.75) is 12.7 Å². The van der Waals surface area contributed by atoms with Gasteiger partial charge in [0.1, 0.15) is 0 Å². The Kier molecular flexibility index (Phi) is 8.85. The monoisotopic (exact) mass is 464 g/mol. The Labute approximate surface area is 187 Å². The number of carboxylic acids is 1. The van der Waals surface area contributed by atoms with Crippen molar-refractivity contribution in [2.75, 3.05) is 6.61 Å². The number of carbonyl (C=O) groups excluding carboxylic acids is 2. The third-order valence-corrected chi connectivity index (χ3v) is 3.54. The summed E-state index contributed by atoms with van der Waals surface area (Å²) >= 11 is 4.60. The number of thiocarbonyl (C=S) groups is 1. The molecule has 1 unspecified atom stereocenters. The molecule has 6 N–H and O–H groups in total. The van der Waals surface area contributed by atoms with Crippen molar-refractivity contribution in [3.8, 4) is 0 Å². The van der Waals surface area contributed by atoms with Crippen molar-refractivity contribution in [3.05, 3.63) is 71.8 Å². The number of hydroxylamine groups is 1. The van der Waals surface area contributed by atoms with Crippen LogP contribution in [0.15, 0.2) is 60.7 Å². The number of esters is 1. The number of nitrogens with zero attached hydrogens (tertiary/aromatic N) is 1. The van der Waals surface area contributed by atoms with Gasteiger partial charge in [0.05, 0.1) is 12.2 Å². The average molecular weight is 464 g/mol. The van der Waals surface area contributed by atoms with E-state index in [4.69, 9.17) is 35.6 Å². The standard InChI is InChI=1S/C19H20N4O8S/c20-17(32)22-23(29-12-15(24)25)18(27)31-19(21,28-11-13-7-3-1-4-8-13)30-16(26)14-9-5-2-6-10-14/h1-10H,11-12,21H2,(H,24,25)(H3,20,22,32). The summed E-state index contributed by atoms with van der Waals surface area (Å²) in [5, 5.41) is 8.46. The molecule has 0 aliphatic heterocycles. The molecule has 0 aliphatic rings. The SMILES string of the molecule is NC(=S)NN(OCC(=O)O)C(=O)OC(N)(OCc1ccccc1)OC(=O)c1ccccc1. The van der Waals surface area contributed by atoms with Crippen molar-refractivity contribution in [1.29, 1.82) is 0 Å². The summed E-state index contributed by atoms with van der Waals surface area (Å²) in [5.41, 5.74) is 14.0. The second-order valence-corrected chi connectivity index (χ2v) is 6.38. The molecule has 1 atom stereocenters. The molecule has 0 fully saturated rings. The molecule has 32 heavy (non-hydrogen) atoms. The van der Waals surface area contributed by atoms with Gasteiger partial charge < -0.3 is 20.3 Å². The maximum atomic E-state index is 12.5. The van der Waals surface area contributed by atoms with Crippen LogP contribution in [0.2, 0.25) is 0 Å². The molecule has 2 aromatic carbocycles. The van der Waals surface area contributed by atoms with E-state index in [-0.39, 0.29) is 17.3 Å². The van der Waals surface area contributed by atoms with Crippen LogP contribution in [-0.4, -0.2) is 46.1 Å². The Morgan fingerprint density at radius 2 is 1.62 bits per heavy atom. The lowest BCUT2D eigenvalue weighted by Gasteiger charge is -2.30. The van der Waals surface area contributed by atoms with Gasteiger partial charge in [-0.15, -0.1) is 0 Å². The van der Waals surface area contributed by atoms with Gasteiger partial charge in [0.2, 0.25) is 0 Å². The maximum absolute atomic E-state index is 12.5. The number of hydrazine groups is 1. The van der Waals surface area contributed by atoms with Gasteiger partial charge in [0.15, 0.2) is 11.7 Å². The minimum absolute atomic E-state index is 0.0990. The Bertz CT molecular complexity index is 947. The van der Waals surface area contributed by atoms with Crippen LogP contribution in [0, 0.1) is 0 Å². The summed E-state index contributed by atoms with van der Waals surface area (Å²) in [6, 6.07) is 16.3. The van der Waals surface area contributed by atoms with E-state index in [0.29, 0.717) is 5.56 Å². The lowest BCUT2D eigenvalue weighted by Crippen LogP contribution is -2.56. The zero-order valence-corrected chi connectivity index (χ0v) is 17.3. The van der Waals surface area contributed by atoms with Crippen molar-refractivity contribution < 1.29 is 38.5 Å². The molecule has 0 saturated heterocycles. The van der Waals surface area contributed by atoms with Crippen molar-refractivity contribution in [2.24, 2.45) is 11.5 Å². The van der Waals surface area contributed by atoms with Crippen LogP contribution in [0.3, 0.4) is 0 Å². The highest BCUT2D eigenvalue weighted by atomic mass is 32.1. The fourth-order valence-corrected chi connectivity index (χ4v) is 2.20. The van der Waals surface area contributed by atoms with E-state index in [9.17, 15) is 14.4 Å². The van der Waals surface area contributed by atoms with E-state index in [1.54, 1.807) is 48.5 Å². The zero-order chi connectivity index (χ0) is 23.6. The van der Waals surface area contributed by atoms with Gasteiger partial charge in [-0.05, 0) is 29.9 Å². The molecule has 0 saturated carbocycles. The van der Waals surface area contributed by atoms with Crippen LogP contribution in [0.1, 0.15) is 15.9 Å². The lowest BCUT2D eigenvalue weighted by atomic mass is 10.2. The molecule has 2 aromatic rings. The van der Waals surface area contributed by atoms with E-state index in [2.05, 4.69) is 12.2 Å². The minimum Gasteiger partial charge on any atom is -0.479 e. The second-order valence-electron chi connectivity index (χ2n) is 5.94. The number of hydrogen-bond donors (Lipinski definition) is 4. The first kappa shape index (κ1) is 24.5. The van der Waals surface area contributed by atoms with Crippen molar-refractivity contribution in [1.82, 2.24) is 10.6 Å². The van der Waals surface area contributed by atoms with E-state index in [1.807, 2.05) is 5.43 Å². The topological polar surface area (TPSA) is 176 Å². The maximum Gasteiger partial charge on any atom is 0.460 e. The first-order chi connectivity index (χ1) is 15.2. The Balaban J connectivity index is 2.20. The molecule has 12 nitrogen and oxygen atoms in total. The van der Waals surface area contributed by atoms with Crippen LogP contribution in [0.25, 0.3) is 0 Å². The Hall–Kier alpha value is -3.78. The summed E-state index contributed by atoms with van der Waals surface area (Å²) in [5.74, 6) is -2.38. The fourth-order valence-electron chi connectivity index (χ4n) is 2.11. The highest BCUT2D eigenvalue weighted by molar-refractivity contribution is 7.80. The normalized spacial score (nSPS) is 12.2. The number of rotatable bonds is 9. The molecule has 0 radical (unpaired) electrons. The molecule has 170 valence electrons. The number of ether oxygens (including phenoxy) is 3. The second kappa shape index (κ2) is 11.6. The highest BCUT2D eigenvalue weighted by Gasteiger charge is 2.39. The van der Waals surface area contributed by atoms with Gasteiger partial charge in [-0.1, -0.05) is 53.7 Å². The van der Waals surface area contributed by atoms with E-state index in [0.717, 1.165) is 0 Å². The Morgan fingerprint density at radius 3 is 2.19 bits per heavy atom. The number of benzene rings is 2. The van der Waals surface area contributed by atoms with Gasteiger partial charge in [0, 0.05) is 0 Å². The molecule has 2 rings (SSSR count). The van der Waals surface area contributed by atoms with Crippen molar-refractivity contribution >= 4 is 35.4 Å². The number of hydrogen-bond acceptors (Lipinski definition) is 9. The largest absolute Gasteiger partial charge is 0.479 e. The van der Waals surface area contributed by atoms with Crippen LogP contribution in [0.5, 0.6) is 0 Å². The first-order valence-electron chi connectivity index (χ1n) is 8.87. The number of nitrogens with two attached hydrogens (primary N) is 2. The van der Waals surface area contributed by atoms with Gasteiger partial charge in [-0.2, -0.15) is 0 Å². The molecule has 0 heterocycles. The third-order valence-electron chi connectivity index (χ3n) is 3.45. The number of aliphatic carboxylic acids is 1. The van der Waals surface area contributed by atoms with Crippen molar-refractivity contribution in [3.63, 3.8) is 0 Å². The predicted octanol–water partition coefficient (Wildman–Crippen LogP) is 0.833. The number of amides is 1.